The highest BCUT2D eigenvalue weighted by atomic mass is 127. The van der Waals surface area contributed by atoms with E-state index in [1.165, 1.54) is 16.0 Å². The van der Waals surface area contributed by atoms with Gasteiger partial charge < -0.3 is 10.6 Å². The van der Waals surface area contributed by atoms with E-state index in [9.17, 15) is 0 Å². The van der Waals surface area contributed by atoms with Crippen molar-refractivity contribution in [2.45, 2.75) is 25.2 Å². The van der Waals surface area contributed by atoms with E-state index in [1.54, 1.807) is 0 Å². The molecule has 1 aromatic carbocycles. The number of nitrogens with zero attached hydrogens (tertiary/aromatic N) is 2. The van der Waals surface area contributed by atoms with Gasteiger partial charge in [0, 0.05) is 42.7 Å². The Hall–Kier alpha value is -1.28. The zero-order valence-electron chi connectivity index (χ0n) is 14.9. The van der Waals surface area contributed by atoms with Crippen LogP contribution in [0.3, 0.4) is 0 Å². The summed E-state index contributed by atoms with van der Waals surface area (Å²) < 4.78 is 0. The van der Waals surface area contributed by atoms with Crippen molar-refractivity contribution in [2.24, 2.45) is 4.99 Å². The first-order valence-corrected chi connectivity index (χ1v) is 9.37. The molecule has 0 aliphatic rings. The lowest BCUT2D eigenvalue weighted by molar-refractivity contribution is 0.834. The van der Waals surface area contributed by atoms with Gasteiger partial charge in [0.15, 0.2) is 5.96 Å². The highest BCUT2D eigenvalue weighted by Crippen LogP contribution is 2.15. The predicted octanol–water partition coefficient (Wildman–Crippen LogP) is 3.90. The molecule has 0 unspecified atom stereocenters. The fraction of sp³-hybridized carbons (Fsp3) is 0.368. The lowest BCUT2D eigenvalue weighted by atomic mass is 10.1. The van der Waals surface area contributed by atoms with Crippen molar-refractivity contribution in [3.63, 3.8) is 0 Å². The predicted molar refractivity (Wildman–Crippen MR) is 119 cm³/mol. The molecule has 6 heteroatoms. The van der Waals surface area contributed by atoms with Crippen LogP contribution in [0.2, 0.25) is 0 Å². The topological polar surface area (TPSA) is 49.3 Å². The third-order valence-corrected chi connectivity index (χ3v) is 4.55. The number of guanidine groups is 1. The Morgan fingerprint density at radius 2 is 1.96 bits per heavy atom. The minimum absolute atomic E-state index is 0. The van der Waals surface area contributed by atoms with Gasteiger partial charge in [-0.2, -0.15) is 0 Å². The van der Waals surface area contributed by atoms with Crippen LogP contribution in [0, 0.1) is 6.92 Å². The number of aromatic nitrogens is 1. The molecule has 2 aromatic rings. The van der Waals surface area contributed by atoms with E-state index in [0.29, 0.717) is 0 Å². The summed E-state index contributed by atoms with van der Waals surface area (Å²) in [5.74, 6) is 1.90. The number of pyridine rings is 1. The highest BCUT2D eigenvalue weighted by Gasteiger charge is 2.00. The van der Waals surface area contributed by atoms with Crippen LogP contribution in [-0.4, -0.2) is 36.3 Å². The van der Waals surface area contributed by atoms with Crippen LogP contribution in [-0.2, 0) is 6.42 Å². The maximum Gasteiger partial charge on any atom is 0.191 e. The second-order valence-corrected chi connectivity index (χ2v) is 6.57. The molecule has 0 aliphatic carbocycles. The maximum atomic E-state index is 4.66. The zero-order valence-corrected chi connectivity index (χ0v) is 18.0. The number of aryl methyl sites for hydroxylation is 1. The highest BCUT2D eigenvalue weighted by molar-refractivity contribution is 14.0. The monoisotopic (exact) mass is 470 g/mol. The number of thioether (sulfide) groups is 1. The molecule has 0 spiro atoms. The van der Waals surface area contributed by atoms with Gasteiger partial charge in [-0.1, -0.05) is 18.2 Å². The minimum atomic E-state index is 0. The van der Waals surface area contributed by atoms with E-state index in [4.69, 9.17) is 0 Å². The molecule has 2 N–H and O–H groups in total. The van der Waals surface area contributed by atoms with Gasteiger partial charge in [-0.3, -0.25) is 9.98 Å². The fourth-order valence-corrected chi connectivity index (χ4v) is 3.06. The van der Waals surface area contributed by atoms with E-state index in [2.05, 4.69) is 64.8 Å². The molecule has 136 valence electrons. The molecule has 1 aromatic heterocycles. The third kappa shape index (κ3) is 8.58. The van der Waals surface area contributed by atoms with Crippen molar-refractivity contribution in [2.75, 3.05) is 25.4 Å². The Labute approximate surface area is 172 Å². The summed E-state index contributed by atoms with van der Waals surface area (Å²) in [6, 6.07) is 12.5. The number of benzene rings is 1. The lowest BCUT2D eigenvalue weighted by Crippen LogP contribution is -2.38. The number of hydrogen-bond acceptors (Lipinski definition) is 3. The molecule has 0 saturated carbocycles. The standard InChI is InChI=1S/C19H26N4S.HI/c1-3-21-19(22-12-10-17-9-11-20-15-16(17)2)23-13-14-24-18-7-5-4-6-8-18;/h4-9,11,15H,3,10,12-14H2,1-2H3,(H2,21,22,23);1H. The Balaban J connectivity index is 0.00000312. The van der Waals surface area contributed by atoms with Crippen molar-refractivity contribution in [1.29, 1.82) is 0 Å². The molecule has 4 nitrogen and oxygen atoms in total. The summed E-state index contributed by atoms with van der Waals surface area (Å²) in [5.41, 5.74) is 2.54. The van der Waals surface area contributed by atoms with Gasteiger partial charge in [0.05, 0.1) is 0 Å². The van der Waals surface area contributed by atoms with Gasteiger partial charge in [0.25, 0.3) is 0 Å². The molecule has 2 rings (SSSR count). The van der Waals surface area contributed by atoms with Crippen LogP contribution >= 0.6 is 35.7 Å². The van der Waals surface area contributed by atoms with Crippen LogP contribution in [0.4, 0.5) is 0 Å². The molecule has 25 heavy (non-hydrogen) atoms. The van der Waals surface area contributed by atoms with Gasteiger partial charge in [-0.05, 0) is 49.6 Å². The van der Waals surface area contributed by atoms with E-state index < -0.39 is 0 Å². The van der Waals surface area contributed by atoms with E-state index in [-0.39, 0.29) is 24.0 Å². The number of nitrogens with one attached hydrogen (secondary N) is 2. The Morgan fingerprint density at radius 3 is 2.68 bits per heavy atom. The molecule has 0 bridgehead atoms. The van der Waals surface area contributed by atoms with Gasteiger partial charge >= 0.3 is 0 Å². The first-order chi connectivity index (χ1) is 11.8. The first-order valence-electron chi connectivity index (χ1n) is 8.39. The van der Waals surface area contributed by atoms with Gasteiger partial charge in [-0.15, -0.1) is 35.7 Å². The molecular formula is C19H27IN4S. The van der Waals surface area contributed by atoms with Crippen LogP contribution in [0.25, 0.3) is 0 Å². The Kier molecular flexibility index (Phi) is 11.3. The number of aliphatic imine (C=N–C) groups is 1. The van der Waals surface area contributed by atoms with Crippen LogP contribution in [0.5, 0.6) is 0 Å². The van der Waals surface area contributed by atoms with Crippen molar-refractivity contribution in [3.8, 4) is 0 Å². The average molecular weight is 470 g/mol. The third-order valence-electron chi connectivity index (χ3n) is 3.54. The Bertz CT molecular complexity index is 634. The summed E-state index contributed by atoms with van der Waals surface area (Å²) in [6.45, 7) is 6.71. The van der Waals surface area contributed by atoms with Crippen LogP contribution in [0.1, 0.15) is 18.1 Å². The summed E-state index contributed by atoms with van der Waals surface area (Å²) >= 11 is 1.85. The quantitative estimate of drug-likeness (QED) is 0.202. The first kappa shape index (κ1) is 21.8. The summed E-state index contributed by atoms with van der Waals surface area (Å²) in [5, 5.41) is 6.70. The molecule has 0 fully saturated rings. The molecule has 0 atom stereocenters. The van der Waals surface area contributed by atoms with Crippen molar-refractivity contribution < 1.29 is 0 Å². The molecule has 0 saturated heterocycles. The van der Waals surface area contributed by atoms with Crippen LogP contribution < -0.4 is 10.6 Å². The minimum Gasteiger partial charge on any atom is -0.357 e. The van der Waals surface area contributed by atoms with Gasteiger partial charge in [0.2, 0.25) is 0 Å². The summed E-state index contributed by atoms with van der Waals surface area (Å²) in [4.78, 5) is 10.1. The second kappa shape index (κ2) is 13.0. The largest absolute Gasteiger partial charge is 0.357 e. The number of rotatable bonds is 8. The van der Waals surface area contributed by atoms with E-state index in [0.717, 1.165) is 37.8 Å². The number of halogens is 1. The average Bonchev–Trinajstić information content (AvgIpc) is 2.61. The van der Waals surface area contributed by atoms with Crippen LogP contribution in [0.15, 0.2) is 58.7 Å². The van der Waals surface area contributed by atoms with Crippen molar-refractivity contribution in [1.82, 2.24) is 15.6 Å². The molecule has 0 amide bonds. The maximum absolute atomic E-state index is 4.66. The number of hydrogen-bond donors (Lipinski definition) is 2. The second-order valence-electron chi connectivity index (χ2n) is 5.40. The smallest absolute Gasteiger partial charge is 0.191 e. The van der Waals surface area contributed by atoms with Gasteiger partial charge in [0.1, 0.15) is 0 Å². The van der Waals surface area contributed by atoms with E-state index >= 15 is 0 Å². The van der Waals surface area contributed by atoms with Crippen molar-refractivity contribution >= 4 is 41.7 Å². The molecule has 1 heterocycles. The zero-order chi connectivity index (χ0) is 17.0. The SMILES string of the molecule is CCNC(=NCCc1ccncc1C)NCCSc1ccccc1.I. The molecule has 0 aliphatic heterocycles. The lowest BCUT2D eigenvalue weighted by Gasteiger charge is -2.11. The van der Waals surface area contributed by atoms with Crippen molar-refractivity contribution in [3.05, 3.63) is 59.9 Å². The summed E-state index contributed by atoms with van der Waals surface area (Å²) in [7, 11) is 0. The Morgan fingerprint density at radius 1 is 1.16 bits per heavy atom. The summed E-state index contributed by atoms with van der Waals surface area (Å²) in [6.07, 6.45) is 4.68. The van der Waals surface area contributed by atoms with Gasteiger partial charge in [-0.25, -0.2) is 0 Å². The normalized spacial score (nSPS) is 10.9. The molecular weight excluding hydrogens is 443 g/mol. The van der Waals surface area contributed by atoms with E-state index in [1.807, 2.05) is 30.2 Å². The fourth-order valence-electron chi connectivity index (χ4n) is 2.27. The molecule has 0 radical (unpaired) electrons.